The molecule has 1 fully saturated rings. The standard InChI is InChI=1S/C13H17NO/c1-2-3-4-8-14-9-7-12(10-14)13(15)11-5-6-11/h1,7,9-11,13,15H,3-6,8H2. The van der Waals surface area contributed by atoms with Crippen molar-refractivity contribution in [1.82, 2.24) is 4.57 Å². The molecule has 0 bridgehead atoms. The Bertz CT molecular complexity index is 357. The average molecular weight is 203 g/mol. The first-order valence-corrected chi connectivity index (χ1v) is 5.58. The maximum Gasteiger partial charge on any atom is 0.0832 e. The van der Waals surface area contributed by atoms with Gasteiger partial charge in [-0.3, -0.25) is 0 Å². The van der Waals surface area contributed by atoms with Crippen LogP contribution in [0, 0.1) is 18.3 Å². The molecule has 1 aliphatic rings. The first-order chi connectivity index (χ1) is 7.31. The number of aliphatic hydroxyl groups excluding tert-OH is 1. The Hall–Kier alpha value is -1.20. The van der Waals surface area contributed by atoms with Crippen LogP contribution in [0.2, 0.25) is 0 Å². The highest BCUT2D eigenvalue weighted by Crippen LogP contribution is 2.40. The van der Waals surface area contributed by atoms with Gasteiger partial charge in [0, 0.05) is 25.4 Å². The largest absolute Gasteiger partial charge is 0.388 e. The predicted molar refractivity (Wildman–Crippen MR) is 60.2 cm³/mol. The minimum atomic E-state index is -0.251. The third kappa shape index (κ3) is 2.64. The van der Waals surface area contributed by atoms with E-state index in [1.54, 1.807) is 0 Å². The highest BCUT2D eigenvalue weighted by molar-refractivity contribution is 5.16. The van der Waals surface area contributed by atoms with E-state index in [9.17, 15) is 5.11 Å². The number of hydrogen-bond acceptors (Lipinski definition) is 1. The smallest absolute Gasteiger partial charge is 0.0832 e. The van der Waals surface area contributed by atoms with Gasteiger partial charge in [-0.15, -0.1) is 12.3 Å². The Kier molecular flexibility index (Phi) is 3.13. The molecule has 1 aromatic rings. The van der Waals surface area contributed by atoms with Crippen LogP contribution in [0.3, 0.4) is 0 Å². The third-order valence-corrected chi connectivity index (χ3v) is 2.92. The maximum absolute atomic E-state index is 9.90. The van der Waals surface area contributed by atoms with Crippen LogP contribution in [0.15, 0.2) is 18.5 Å². The Balaban J connectivity index is 1.89. The number of unbranched alkanes of at least 4 members (excludes halogenated alkanes) is 1. The summed E-state index contributed by atoms with van der Waals surface area (Å²) in [6.07, 6.45) is 13.2. The van der Waals surface area contributed by atoms with Gasteiger partial charge in [-0.2, -0.15) is 0 Å². The summed E-state index contributed by atoms with van der Waals surface area (Å²) in [5.41, 5.74) is 1.05. The number of terminal acetylenes is 1. The van der Waals surface area contributed by atoms with Gasteiger partial charge in [0.2, 0.25) is 0 Å². The number of aliphatic hydroxyl groups is 1. The molecule has 1 unspecified atom stereocenters. The van der Waals surface area contributed by atoms with Crippen LogP contribution in [-0.2, 0) is 6.54 Å². The van der Waals surface area contributed by atoms with Gasteiger partial charge in [-0.1, -0.05) is 0 Å². The SMILES string of the molecule is C#CCCCn1ccc(C(O)C2CC2)c1. The van der Waals surface area contributed by atoms with Gasteiger partial charge in [-0.25, -0.2) is 0 Å². The fraction of sp³-hybridized carbons (Fsp3) is 0.538. The molecule has 0 amide bonds. The molecule has 0 spiro atoms. The van der Waals surface area contributed by atoms with Crippen molar-refractivity contribution in [1.29, 1.82) is 0 Å². The summed E-state index contributed by atoms with van der Waals surface area (Å²) in [4.78, 5) is 0. The van der Waals surface area contributed by atoms with Crippen LogP contribution < -0.4 is 0 Å². The van der Waals surface area contributed by atoms with Crippen LogP contribution in [0.1, 0.15) is 37.4 Å². The van der Waals surface area contributed by atoms with Crippen molar-refractivity contribution >= 4 is 0 Å². The molecular weight excluding hydrogens is 186 g/mol. The van der Waals surface area contributed by atoms with Gasteiger partial charge in [0.05, 0.1) is 6.10 Å². The zero-order valence-corrected chi connectivity index (χ0v) is 8.89. The molecule has 0 aromatic carbocycles. The zero-order valence-electron chi connectivity index (χ0n) is 8.89. The molecule has 0 saturated heterocycles. The van der Waals surface area contributed by atoms with E-state index in [1.165, 1.54) is 12.8 Å². The fourth-order valence-corrected chi connectivity index (χ4v) is 1.82. The molecule has 0 aliphatic heterocycles. The molecule has 1 heterocycles. The minimum Gasteiger partial charge on any atom is -0.388 e. The van der Waals surface area contributed by atoms with Crippen molar-refractivity contribution in [2.24, 2.45) is 5.92 Å². The Labute approximate surface area is 90.9 Å². The Morgan fingerprint density at radius 2 is 2.40 bits per heavy atom. The van der Waals surface area contributed by atoms with E-state index in [-0.39, 0.29) is 6.10 Å². The molecule has 80 valence electrons. The topological polar surface area (TPSA) is 25.2 Å². The van der Waals surface area contributed by atoms with Crippen molar-refractivity contribution in [3.8, 4) is 12.3 Å². The lowest BCUT2D eigenvalue weighted by molar-refractivity contribution is 0.154. The second kappa shape index (κ2) is 4.55. The van der Waals surface area contributed by atoms with E-state index in [0.29, 0.717) is 5.92 Å². The quantitative estimate of drug-likeness (QED) is 0.576. The van der Waals surface area contributed by atoms with Gasteiger partial charge >= 0.3 is 0 Å². The first kappa shape index (κ1) is 10.3. The first-order valence-electron chi connectivity index (χ1n) is 5.58. The molecule has 1 aliphatic carbocycles. The number of rotatable bonds is 5. The summed E-state index contributed by atoms with van der Waals surface area (Å²) in [5.74, 6) is 3.14. The average Bonchev–Trinajstić information content (AvgIpc) is 2.98. The van der Waals surface area contributed by atoms with Crippen LogP contribution in [0.25, 0.3) is 0 Å². The second-order valence-electron chi connectivity index (χ2n) is 4.27. The zero-order chi connectivity index (χ0) is 10.7. The molecule has 1 N–H and O–H groups in total. The molecule has 1 aromatic heterocycles. The van der Waals surface area contributed by atoms with Crippen LogP contribution >= 0.6 is 0 Å². The fourth-order valence-electron chi connectivity index (χ4n) is 1.82. The highest BCUT2D eigenvalue weighted by Gasteiger charge is 2.30. The van der Waals surface area contributed by atoms with Crippen LogP contribution in [0.5, 0.6) is 0 Å². The van der Waals surface area contributed by atoms with Gasteiger partial charge in [0.15, 0.2) is 0 Å². The monoisotopic (exact) mass is 203 g/mol. The summed E-state index contributed by atoms with van der Waals surface area (Å²) in [5, 5.41) is 9.90. The molecule has 0 radical (unpaired) electrons. The summed E-state index contributed by atoms with van der Waals surface area (Å²) in [6.45, 7) is 0.946. The van der Waals surface area contributed by atoms with Crippen molar-refractivity contribution < 1.29 is 5.11 Å². The lowest BCUT2D eigenvalue weighted by Crippen LogP contribution is -1.98. The van der Waals surface area contributed by atoms with Crippen LogP contribution in [0.4, 0.5) is 0 Å². The molecular formula is C13H17NO. The third-order valence-electron chi connectivity index (χ3n) is 2.92. The Morgan fingerprint density at radius 1 is 1.60 bits per heavy atom. The van der Waals surface area contributed by atoms with Gasteiger partial charge in [0.25, 0.3) is 0 Å². The van der Waals surface area contributed by atoms with E-state index >= 15 is 0 Å². The van der Waals surface area contributed by atoms with Crippen molar-refractivity contribution in [2.45, 2.75) is 38.3 Å². The second-order valence-corrected chi connectivity index (χ2v) is 4.27. The molecule has 15 heavy (non-hydrogen) atoms. The summed E-state index contributed by atoms with van der Waals surface area (Å²) in [7, 11) is 0. The van der Waals surface area contributed by atoms with E-state index in [1.807, 2.05) is 18.5 Å². The van der Waals surface area contributed by atoms with Crippen molar-refractivity contribution in [3.05, 3.63) is 24.0 Å². The number of aryl methyl sites for hydroxylation is 1. The van der Waals surface area contributed by atoms with E-state index < -0.39 is 0 Å². The molecule has 1 saturated carbocycles. The molecule has 2 heteroatoms. The lowest BCUT2D eigenvalue weighted by atomic mass is 10.1. The molecule has 1 atom stereocenters. The normalized spacial score (nSPS) is 17.3. The van der Waals surface area contributed by atoms with Crippen LogP contribution in [-0.4, -0.2) is 9.67 Å². The number of hydrogen-bond donors (Lipinski definition) is 1. The number of nitrogens with zero attached hydrogens (tertiary/aromatic N) is 1. The molecule has 2 nitrogen and oxygen atoms in total. The lowest BCUT2D eigenvalue weighted by Gasteiger charge is -2.05. The summed E-state index contributed by atoms with van der Waals surface area (Å²) >= 11 is 0. The highest BCUT2D eigenvalue weighted by atomic mass is 16.3. The number of aromatic nitrogens is 1. The maximum atomic E-state index is 9.90. The van der Waals surface area contributed by atoms with Gasteiger partial charge in [-0.05, 0) is 36.8 Å². The minimum absolute atomic E-state index is 0.251. The van der Waals surface area contributed by atoms with E-state index in [2.05, 4.69) is 10.5 Å². The van der Waals surface area contributed by atoms with Crippen molar-refractivity contribution in [3.63, 3.8) is 0 Å². The van der Waals surface area contributed by atoms with E-state index in [4.69, 9.17) is 6.42 Å². The Morgan fingerprint density at radius 3 is 3.07 bits per heavy atom. The van der Waals surface area contributed by atoms with Gasteiger partial charge in [0.1, 0.15) is 0 Å². The predicted octanol–water partition coefficient (Wildman–Crippen LogP) is 2.34. The van der Waals surface area contributed by atoms with E-state index in [0.717, 1.165) is 24.9 Å². The summed E-state index contributed by atoms with van der Waals surface area (Å²) < 4.78 is 2.11. The summed E-state index contributed by atoms with van der Waals surface area (Å²) in [6, 6.07) is 2.01. The van der Waals surface area contributed by atoms with Gasteiger partial charge < -0.3 is 9.67 Å². The molecule has 2 rings (SSSR count). The van der Waals surface area contributed by atoms with Crippen molar-refractivity contribution in [2.75, 3.05) is 0 Å².